The fourth-order valence-electron chi connectivity index (χ4n) is 2.82. The van der Waals surface area contributed by atoms with Gasteiger partial charge < -0.3 is 5.32 Å². The zero-order chi connectivity index (χ0) is 20.9. The maximum Gasteiger partial charge on any atom is 0.234 e. The van der Waals surface area contributed by atoms with Crippen LogP contribution in [0.4, 0.5) is 10.1 Å². The third-order valence-corrected chi connectivity index (χ3v) is 5.39. The average Bonchev–Trinajstić information content (AvgIpc) is 3.19. The number of carbonyl (C=O) groups excluding carboxylic acids is 1. The first-order chi connectivity index (χ1) is 14.6. The Labute approximate surface area is 181 Å². The summed E-state index contributed by atoms with van der Waals surface area (Å²) in [5.74, 6) is 0.227. The zero-order valence-corrected chi connectivity index (χ0v) is 17.2. The quantitative estimate of drug-likeness (QED) is 0.406. The maximum atomic E-state index is 13.3. The number of hydrogen-bond donors (Lipinski definition) is 1. The van der Waals surface area contributed by atoms with Crippen LogP contribution in [0.5, 0.6) is 0 Å². The molecule has 4 rings (SSSR count). The minimum absolute atomic E-state index is 0.150. The highest BCUT2D eigenvalue weighted by Gasteiger charge is 2.17. The highest BCUT2D eigenvalue weighted by Crippen LogP contribution is 2.28. The van der Waals surface area contributed by atoms with Gasteiger partial charge in [-0.05, 0) is 60.7 Å². The summed E-state index contributed by atoms with van der Waals surface area (Å²) in [5.41, 5.74) is 2.24. The van der Waals surface area contributed by atoms with Crippen LogP contribution in [0.1, 0.15) is 0 Å². The first-order valence-corrected chi connectivity index (χ1v) is 10.4. The largest absolute Gasteiger partial charge is 0.325 e. The molecule has 150 valence electrons. The van der Waals surface area contributed by atoms with Crippen molar-refractivity contribution >= 4 is 35.0 Å². The van der Waals surface area contributed by atoms with E-state index in [4.69, 9.17) is 11.6 Å². The molecule has 30 heavy (non-hydrogen) atoms. The molecule has 1 heterocycles. The van der Waals surface area contributed by atoms with Gasteiger partial charge in [0.2, 0.25) is 5.91 Å². The Hall–Kier alpha value is -3.16. The lowest BCUT2D eigenvalue weighted by atomic mass is 10.2. The predicted octanol–water partition coefficient (Wildman–Crippen LogP) is 5.46. The van der Waals surface area contributed by atoms with E-state index < -0.39 is 0 Å². The van der Waals surface area contributed by atoms with Crippen LogP contribution in [0.3, 0.4) is 0 Å². The number of nitrogens with one attached hydrogen (secondary N) is 1. The van der Waals surface area contributed by atoms with Gasteiger partial charge >= 0.3 is 0 Å². The SMILES string of the molecule is O=C(CSc1nnc(-c2ccc(F)cc2)n1-c1ccccc1)Nc1ccc(Cl)cc1. The van der Waals surface area contributed by atoms with Gasteiger partial charge in [0.1, 0.15) is 5.82 Å². The molecule has 0 saturated heterocycles. The lowest BCUT2D eigenvalue weighted by Gasteiger charge is -2.10. The van der Waals surface area contributed by atoms with Crippen molar-refractivity contribution in [2.24, 2.45) is 0 Å². The second-order valence-corrected chi connectivity index (χ2v) is 7.71. The van der Waals surface area contributed by atoms with Crippen molar-refractivity contribution in [2.45, 2.75) is 5.16 Å². The van der Waals surface area contributed by atoms with E-state index in [1.807, 2.05) is 34.9 Å². The van der Waals surface area contributed by atoms with E-state index in [1.165, 1.54) is 23.9 Å². The maximum absolute atomic E-state index is 13.3. The van der Waals surface area contributed by atoms with Gasteiger partial charge in [-0.25, -0.2) is 4.39 Å². The molecule has 0 bridgehead atoms. The van der Waals surface area contributed by atoms with E-state index in [0.29, 0.717) is 21.7 Å². The highest BCUT2D eigenvalue weighted by molar-refractivity contribution is 7.99. The summed E-state index contributed by atoms with van der Waals surface area (Å²) in [6.07, 6.45) is 0. The summed E-state index contributed by atoms with van der Waals surface area (Å²) >= 11 is 7.14. The molecule has 0 unspecified atom stereocenters. The number of hydrogen-bond acceptors (Lipinski definition) is 4. The Morgan fingerprint density at radius 3 is 2.37 bits per heavy atom. The summed E-state index contributed by atoms with van der Waals surface area (Å²) in [4.78, 5) is 12.4. The van der Waals surface area contributed by atoms with E-state index in [9.17, 15) is 9.18 Å². The highest BCUT2D eigenvalue weighted by atomic mass is 35.5. The summed E-state index contributed by atoms with van der Waals surface area (Å²) in [6, 6.07) is 22.6. The minimum atomic E-state index is -0.321. The van der Waals surface area contributed by atoms with Gasteiger partial charge in [-0.3, -0.25) is 9.36 Å². The zero-order valence-electron chi connectivity index (χ0n) is 15.6. The number of para-hydroxylation sites is 1. The molecule has 0 radical (unpaired) electrons. The van der Waals surface area contributed by atoms with E-state index in [-0.39, 0.29) is 17.5 Å². The van der Waals surface area contributed by atoms with Gasteiger partial charge in [-0.15, -0.1) is 10.2 Å². The Morgan fingerprint density at radius 2 is 1.67 bits per heavy atom. The lowest BCUT2D eigenvalue weighted by molar-refractivity contribution is -0.113. The molecular weight excluding hydrogens is 423 g/mol. The van der Waals surface area contributed by atoms with E-state index in [2.05, 4.69) is 15.5 Å². The molecule has 1 amide bonds. The van der Waals surface area contributed by atoms with Crippen molar-refractivity contribution in [3.05, 3.63) is 89.7 Å². The number of rotatable bonds is 6. The van der Waals surface area contributed by atoms with Gasteiger partial charge in [0.05, 0.1) is 5.75 Å². The topological polar surface area (TPSA) is 59.8 Å². The summed E-state index contributed by atoms with van der Waals surface area (Å²) in [7, 11) is 0. The number of aromatic nitrogens is 3. The molecule has 0 atom stereocenters. The van der Waals surface area contributed by atoms with Crippen molar-refractivity contribution in [2.75, 3.05) is 11.1 Å². The standard InChI is InChI=1S/C22H16ClFN4OS/c23-16-8-12-18(13-9-16)25-20(29)14-30-22-27-26-21(15-6-10-17(24)11-7-15)28(22)19-4-2-1-3-5-19/h1-13H,14H2,(H,25,29). The van der Waals surface area contributed by atoms with Crippen LogP contribution in [0, 0.1) is 5.82 Å². The molecule has 0 aliphatic rings. The minimum Gasteiger partial charge on any atom is -0.325 e. The Bertz CT molecular complexity index is 1150. The van der Waals surface area contributed by atoms with Crippen LogP contribution < -0.4 is 5.32 Å². The monoisotopic (exact) mass is 438 g/mol. The molecule has 5 nitrogen and oxygen atoms in total. The van der Waals surface area contributed by atoms with Crippen molar-refractivity contribution in [1.82, 2.24) is 14.8 Å². The van der Waals surface area contributed by atoms with Crippen LogP contribution in [0.25, 0.3) is 17.1 Å². The number of halogens is 2. The molecular formula is C22H16ClFN4OS. The number of nitrogens with zero attached hydrogens (tertiary/aromatic N) is 3. The third-order valence-electron chi connectivity index (χ3n) is 4.21. The first-order valence-electron chi connectivity index (χ1n) is 9.05. The molecule has 1 N–H and O–H groups in total. The molecule has 0 spiro atoms. The molecule has 0 fully saturated rings. The average molecular weight is 439 g/mol. The summed E-state index contributed by atoms with van der Waals surface area (Å²) < 4.78 is 15.2. The molecule has 4 aromatic rings. The smallest absolute Gasteiger partial charge is 0.234 e. The Balaban J connectivity index is 1.57. The number of anilines is 1. The molecule has 3 aromatic carbocycles. The van der Waals surface area contributed by atoms with Gasteiger partial charge in [0.25, 0.3) is 0 Å². The van der Waals surface area contributed by atoms with E-state index in [0.717, 1.165) is 11.3 Å². The normalized spacial score (nSPS) is 10.7. The number of thioether (sulfide) groups is 1. The van der Waals surface area contributed by atoms with Gasteiger partial charge in [0.15, 0.2) is 11.0 Å². The molecule has 8 heteroatoms. The molecule has 0 aliphatic carbocycles. The summed E-state index contributed by atoms with van der Waals surface area (Å²) in [6.45, 7) is 0. The number of carbonyl (C=O) groups is 1. The third kappa shape index (κ3) is 4.69. The van der Waals surface area contributed by atoms with Crippen molar-refractivity contribution in [3.8, 4) is 17.1 Å². The van der Waals surface area contributed by atoms with E-state index >= 15 is 0 Å². The van der Waals surface area contributed by atoms with Crippen LogP contribution in [-0.2, 0) is 4.79 Å². The second kappa shape index (κ2) is 9.11. The lowest BCUT2D eigenvalue weighted by Crippen LogP contribution is -2.14. The van der Waals surface area contributed by atoms with Crippen LogP contribution in [0.2, 0.25) is 5.02 Å². The van der Waals surface area contributed by atoms with E-state index in [1.54, 1.807) is 36.4 Å². The van der Waals surface area contributed by atoms with Gasteiger partial charge in [-0.1, -0.05) is 41.6 Å². The van der Waals surface area contributed by atoms with Crippen molar-refractivity contribution < 1.29 is 9.18 Å². The fourth-order valence-corrected chi connectivity index (χ4v) is 3.70. The summed E-state index contributed by atoms with van der Waals surface area (Å²) in [5, 5.41) is 12.5. The van der Waals surface area contributed by atoms with Crippen molar-refractivity contribution in [3.63, 3.8) is 0 Å². The number of benzene rings is 3. The van der Waals surface area contributed by atoms with Gasteiger partial charge in [-0.2, -0.15) is 0 Å². The second-order valence-electron chi connectivity index (χ2n) is 6.33. The van der Waals surface area contributed by atoms with Gasteiger partial charge in [0, 0.05) is 22.0 Å². The Kier molecular flexibility index (Phi) is 6.11. The molecule has 0 aliphatic heterocycles. The molecule has 0 saturated carbocycles. The first kappa shape index (κ1) is 20.1. The molecule has 1 aromatic heterocycles. The van der Waals surface area contributed by atoms with Crippen LogP contribution in [0.15, 0.2) is 84.0 Å². The Morgan fingerprint density at radius 1 is 0.967 bits per heavy atom. The number of amides is 1. The van der Waals surface area contributed by atoms with Crippen LogP contribution >= 0.6 is 23.4 Å². The predicted molar refractivity (Wildman–Crippen MR) is 118 cm³/mol. The van der Waals surface area contributed by atoms with Crippen LogP contribution in [-0.4, -0.2) is 26.4 Å². The fraction of sp³-hybridized carbons (Fsp3) is 0.0455. The van der Waals surface area contributed by atoms with Crippen molar-refractivity contribution in [1.29, 1.82) is 0 Å².